The minimum absolute atomic E-state index is 0.0157. The van der Waals surface area contributed by atoms with Crippen molar-refractivity contribution in [3.05, 3.63) is 91.0 Å². The van der Waals surface area contributed by atoms with Gasteiger partial charge in [0.25, 0.3) is 0 Å². The van der Waals surface area contributed by atoms with E-state index in [1.807, 2.05) is 0 Å². The van der Waals surface area contributed by atoms with E-state index < -0.39 is 56.8 Å². The summed E-state index contributed by atoms with van der Waals surface area (Å²) in [6.45, 7) is 0. The fraction of sp³-hybridized carbons (Fsp3) is 0.167. The Balaban J connectivity index is 2.44. The summed E-state index contributed by atoms with van der Waals surface area (Å²) in [6.07, 6.45) is -14.0. The number of alkyl halides is 6. The van der Waals surface area contributed by atoms with Gasteiger partial charge in [-0.25, -0.2) is 0 Å². The molecule has 0 saturated carbocycles. The van der Waals surface area contributed by atoms with E-state index in [-0.39, 0.29) is 9.81 Å². The third kappa shape index (κ3) is 5.83. The molecule has 0 bridgehead atoms. The normalized spacial score (nSPS) is 13.4. The Morgan fingerprint density at radius 1 is 0.543 bits per heavy atom. The summed E-state index contributed by atoms with van der Waals surface area (Å²) in [5, 5.41) is 0. The Morgan fingerprint density at radius 2 is 0.800 bits per heavy atom. The van der Waals surface area contributed by atoms with Crippen LogP contribution >= 0.6 is 0 Å². The van der Waals surface area contributed by atoms with Crippen molar-refractivity contribution in [3.63, 3.8) is 0 Å². The summed E-state index contributed by atoms with van der Waals surface area (Å²) >= 11 is -6.90. The van der Waals surface area contributed by atoms with Crippen molar-refractivity contribution in [2.45, 2.75) is 25.2 Å². The van der Waals surface area contributed by atoms with E-state index in [0.29, 0.717) is 0 Å². The Morgan fingerprint density at radius 3 is 1.03 bits per heavy atom. The van der Waals surface area contributed by atoms with Crippen molar-refractivity contribution in [3.8, 4) is 0 Å². The van der Waals surface area contributed by atoms with Crippen LogP contribution in [0.5, 0.6) is 0 Å². The molecule has 11 heteroatoms. The molecule has 0 fully saturated rings. The van der Waals surface area contributed by atoms with E-state index in [2.05, 4.69) is 0 Å². The number of rotatable bonds is 7. The average molecular weight is 694 g/mol. The predicted molar refractivity (Wildman–Crippen MR) is 118 cm³/mol. The van der Waals surface area contributed by atoms with Crippen LogP contribution < -0.4 is 9.81 Å². The van der Waals surface area contributed by atoms with Gasteiger partial charge >= 0.3 is 199 Å². The first-order valence-corrected chi connectivity index (χ1v) is 18.2. The standard InChI is InChI=1S/3C6H5.2C3H3F3O2.Bi/c3*1-2-4-6-5-3-1;2*4-3(5,6)1-2(7)8;/h3*1-5H;2*1H2,(H,7,8);/q;;;;;+2/p-2. The number of carbonyl (C=O) groups is 2. The van der Waals surface area contributed by atoms with E-state index in [4.69, 9.17) is 5.63 Å². The monoisotopic (exact) mass is 694 g/mol. The van der Waals surface area contributed by atoms with Crippen LogP contribution in [-0.4, -0.2) is 44.0 Å². The summed E-state index contributed by atoms with van der Waals surface area (Å²) in [5.41, 5.74) is 0. The Kier molecular flexibility index (Phi) is 7.60. The molecule has 0 heterocycles. The number of carbonyl (C=O) groups excluding carboxylic acids is 2. The summed E-state index contributed by atoms with van der Waals surface area (Å²) in [4.78, 5) is 25.5. The number of halogens is 6. The molecule has 186 valence electrons. The SMILES string of the molecule is O=C(CC(F)(F)F)[O][Bi]([O]C(=O)CC(F)(F)F)([c]1ccccc1)([c]1ccccc1)[c]1ccccc1. The molecular weight excluding hydrogens is 675 g/mol. The first-order chi connectivity index (χ1) is 16.4. The van der Waals surface area contributed by atoms with Crippen molar-refractivity contribution in [1.29, 1.82) is 0 Å². The summed E-state index contributed by atoms with van der Waals surface area (Å²) in [6, 6.07) is 21.7. The van der Waals surface area contributed by atoms with Crippen LogP contribution in [0.3, 0.4) is 0 Å². The topological polar surface area (TPSA) is 52.6 Å². The molecule has 0 radical (unpaired) electrons. The van der Waals surface area contributed by atoms with Gasteiger partial charge in [0.05, 0.1) is 0 Å². The molecule has 0 aliphatic carbocycles. The molecule has 0 saturated heterocycles. The molecule has 0 spiro atoms. The van der Waals surface area contributed by atoms with Crippen molar-refractivity contribution in [2.75, 3.05) is 0 Å². The number of benzene rings is 3. The molecule has 35 heavy (non-hydrogen) atoms. The van der Waals surface area contributed by atoms with Crippen LogP contribution in [-0.2, 0) is 15.2 Å². The predicted octanol–water partition coefficient (Wildman–Crippen LogP) is 4.10. The molecule has 0 unspecified atom stereocenters. The van der Waals surface area contributed by atoms with Crippen molar-refractivity contribution in [1.82, 2.24) is 0 Å². The molecule has 3 aromatic carbocycles. The molecule has 0 aliphatic rings. The second-order valence-corrected chi connectivity index (χ2v) is 22.4. The molecular formula is C24H19BiF6O4. The number of hydrogen-bond donors (Lipinski definition) is 0. The van der Waals surface area contributed by atoms with Gasteiger partial charge in [-0.15, -0.1) is 0 Å². The van der Waals surface area contributed by atoms with Crippen LogP contribution in [0, 0.1) is 0 Å². The third-order valence-corrected chi connectivity index (χ3v) is 23.6. The summed E-state index contributed by atoms with van der Waals surface area (Å²) < 4.78 is 90.4. The van der Waals surface area contributed by atoms with Gasteiger partial charge in [0.1, 0.15) is 0 Å². The zero-order chi connectivity index (χ0) is 25.8. The van der Waals surface area contributed by atoms with E-state index in [1.54, 1.807) is 18.2 Å². The van der Waals surface area contributed by atoms with E-state index >= 15 is 0 Å². The number of hydrogen-bond acceptors (Lipinski definition) is 4. The second kappa shape index (κ2) is 9.97. The summed E-state index contributed by atoms with van der Waals surface area (Å²) in [5.74, 6) is -3.55. The van der Waals surface area contributed by atoms with Gasteiger partial charge in [-0.05, 0) is 0 Å². The van der Waals surface area contributed by atoms with Gasteiger partial charge in [-0.2, -0.15) is 0 Å². The van der Waals surface area contributed by atoms with Gasteiger partial charge in [-0.1, -0.05) is 0 Å². The molecule has 0 aliphatic heterocycles. The third-order valence-electron chi connectivity index (χ3n) is 4.92. The van der Waals surface area contributed by atoms with Gasteiger partial charge in [0.2, 0.25) is 0 Å². The average Bonchev–Trinajstić information content (AvgIpc) is 2.78. The Bertz CT molecular complexity index is 1030. The molecule has 3 rings (SSSR count). The van der Waals surface area contributed by atoms with Crippen LogP contribution in [0.25, 0.3) is 0 Å². The van der Waals surface area contributed by atoms with Crippen molar-refractivity contribution in [2.24, 2.45) is 0 Å². The first-order valence-electron chi connectivity index (χ1n) is 10.1. The minimum atomic E-state index is -6.90. The van der Waals surface area contributed by atoms with Gasteiger partial charge in [0, 0.05) is 0 Å². The zero-order valence-corrected chi connectivity index (χ0v) is 21.4. The van der Waals surface area contributed by atoms with Crippen LogP contribution in [0.2, 0.25) is 0 Å². The van der Waals surface area contributed by atoms with Gasteiger partial charge < -0.3 is 0 Å². The van der Waals surface area contributed by atoms with Crippen LogP contribution in [0.4, 0.5) is 26.3 Å². The van der Waals surface area contributed by atoms with Crippen molar-refractivity contribution >= 4 is 41.4 Å². The fourth-order valence-electron chi connectivity index (χ4n) is 3.66. The van der Waals surface area contributed by atoms with Gasteiger partial charge in [-0.3, -0.25) is 0 Å². The fourth-order valence-corrected chi connectivity index (χ4v) is 21.6. The quantitative estimate of drug-likeness (QED) is 0.277. The molecule has 4 nitrogen and oxygen atoms in total. The molecule has 0 aromatic heterocycles. The molecule has 0 atom stereocenters. The van der Waals surface area contributed by atoms with Crippen LogP contribution in [0.15, 0.2) is 91.0 Å². The Labute approximate surface area is 198 Å². The van der Waals surface area contributed by atoms with Gasteiger partial charge in [0.15, 0.2) is 0 Å². The maximum atomic E-state index is 13.2. The molecule has 3 aromatic rings. The zero-order valence-electron chi connectivity index (χ0n) is 17.9. The van der Waals surface area contributed by atoms with E-state index in [0.717, 1.165) is 0 Å². The van der Waals surface area contributed by atoms with Crippen LogP contribution in [0.1, 0.15) is 12.8 Å². The second-order valence-electron chi connectivity index (χ2n) is 7.47. The first kappa shape index (κ1) is 26.7. The molecule has 0 amide bonds. The Hall–Kier alpha value is -2.94. The maximum absolute atomic E-state index is 13.2. The molecule has 0 N–H and O–H groups in total. The van der Waals surface area contributed by atoms with E-state index in [9.17, 15) is 35.9 Å². The van der Waals surface area contributed by atoms with E-state index in [1.165, 1.54) is 72.8 Å². The van der Waals surface area contributed by atoms with Crippen molar-refractivity contribution < 1.29 is 41.6 Å². The summed E-state index contributed by atoms with van der Waals surface area (Å²) in [7, 11) is 0.